The third-order valence-electron chi connectivity index (χ3n) is 5.53. The zero-order chi connectivity index (χ0) is 21.5. The number of benzene rings is 3. The molecule has 0 aliphatic carbocycles. The molecule has 2 aliphatic heterocycles. The highest BCUT2D eigenvalue weighted by molar-refractivity contribution is 9.10. The van der Waals surface area contributed by atoms with Crippen molar-refractivity contribution in [2.75, 3.05) is 7.11 Å². The lowest BCUT2D eigenvalue weighted by Gasteiger charge is -2.37. The van der Waals surface area contributed by atoms with Crippen molar-refractivity contribution in [3.8, 4) is 11.5 Å². The summed E-state index contributed by atoms with van der Waals surface area (Å²) in [5, 5.41) is 6.65. The number of nitrogens with zero attached hydrogens (tertiary/aromatic N) is 2. The molecule has 3 aromatic carbocycles. The second-order valence-electron chi connectivity index (χ2n) is 7.40. The van der Waals surface area contributed by atoms with E-state index in [9.17, 15) is 4.79 Å². The van der Waals surface area contributed by atoms with Crippen molar-refractivity contribution >= 4 is 43.4 Å². The van der Waals surface area contributed by atoms with Crippen LogP contribution in [0.25, 0.3) is 0 Å². The van der Waals surface area contributed by atoms with E-state index in [0.717, 1.165) is 31.5 Å². The zero-order valence-electron chi connectivity index (χ0n) is 16.6. The summed E-state index contributed by atoms with van der Waals surface area (Å²) in [6, 6.07) is 20.9. The van der Waals surface area contributed by atoms with E-state index in [1.165, 1.54) is 0 Å². The van der Waals surface area contributed by atoms with Crippen LogP contribution in [0.1, 0.15) is 33.9 Å². The number of halogens is 2. The number of rotatable bonds is 4. The topological polar surface area (TPSA) is 51.1 Å². The SMILES string of the molecule is COc1ccc(C2=NN3[C@H](C2)c2cc(Br)ccc2O[C@H]3C(=O)c2ccc(Br)cc2)cc1. The van der Waals surface area contributed by atoms with Crippen molar-refractivity contribution in [3.05, 3.63) is 92.4 Å². The molecule has 2 heterocycles. The molecule has 0 radical (unpaired) electrons. The molecule has 0 bridgehead atoms. The molecule has 7 heteroatoms. The number of hydrogen-bond donors (Lipinski definition) is 0. The summed E-state index contributed by atoms with van der Waals surface area (Å²) in [5.74, 6) is 1.39. The number of Topliss-reactive ketones (excluding diaryl/α,β-unsaturated/α-hetero) is 1. The van der Waals surface area contributed by atoms with E-state index in [-0.39, 0.29) is 11.8 Å². The summed E-state index contributed by atoms with van der Waals surface area (Å²) in [6.45, 7) is 0. The number of methoxy groups -OCH3 is 1. The number of hydrazone groups is 1. The van der Waals surface area contributed by atoms with Crippen LogP contribution in [-0.4, -0.2) is 29.8 Å². The quantitative estimate of drug-likeness (QED) is 0.382. The Morgan fingerprint density at radius 1 is 1.03 bits per heavy atom. The average Bonchev–Trinajstić information content (AvgIpc) is 3.24. The highest BCUT2D eigenvalue weighted by atomic mass is 79.9. The van der Waals surface area contributed by atoms with Gasteiger partial charge in [0.05, 0.1) is 18.9 Å². The Morgan fingerprint density at radius 2 is 1.74 bits per heavy atom. The first-order valence-corrected chi connectivity index (χ1v) is 11.4. The van der Waals surface area contributed by atoms with Gasteiger partial charge in [0.2, 0.25) is 5.78 Å². The molecule has 5 rings (SSSR count). The smallest absolute Gasteiger partial charge is 0.251 e. The molecule has 0 spiro atoms. The molecule has 5 nitrogen and oxygen atoms in total. The van der Waals surface area contributed by atoms with E-state index in [2.05, 4.69) is 31.9 Å². The molecule has 0 aromatic heterocycles. The fraction of sp³-hybridized carbons (Fsp3) is 0.167. The largest absolute Gasteiger partial charge is 0.497 e. The summed E-state index contributed by atoms with van der Waals surface area (Å²) >= 11 is 6.97. The van der Waals surface area contributed by atoms with Crippen LogP contribution in [0.4, 0.5) is 0 Å². The van der Waals surface area contributed by atoms with Crippen LogP contribution in [0.5, 0.6) is 11.5 Å². The van der Waals surface area contributed by atoms with E-state index in [0.29, 0.717) is 17.7 Å². The Balaban J connectivity index is 1.55. The minimum Gasteiger partial charge on any atom is -0.497 e. The minimum absolute atomic E-state index is 0.0808. The summed E-state index contributed by atoms with van der Waals surface area (Å²) in [5.41, 5.74) is 3.52. The van der Waals surface area contributed by atoms with Crippen molar-refractivity contribution < 1.29 is 14.3 Å². The molecule has 3 aromatic rings. The summed E-state index contributed by atoms with van der Waals surface area (Å²) in [7, 11) is 1.65. The number of hydrogen-bond acceptors (Lipinski definition) is 5. The first-order valence-electron chi connectivity index (χ1n) is 9.79. The van der Waals surface area contributed by atoms with Crippen molar-refractivity contribution in [3.63, 3.8) is 0 Å². The Kier molecular flexibility index (Phi) is 5.32. The van der Waals surface area contributed by atoms with E-state index >= 15 is 0 Å². The van der Waals surface area contributed by atoms with E-state index in [4.69, 9.17) is 14.6 Å². The Labute approximate surface area is 196 Å². The molecule has 0 amide bonds. The number of fused-ring (bicyclic) bond motifs is 3. The number of carbonyl (C=O) groups excluding carboxylic acids is 1. The predicted molar refractivity (Wildman–Crippen MR) is 126 cm³/mol. The molecule has 0 saturated heterocycles. The monoisotopic (exact) mass is 540 g/mol. The van der Waals surface area contributed by atoms with E-state index in [1.807, 2.05) is 54.6 Å². The number of ketones is 1. The standard InChI is InChI=1S/C24H18Br2N2O3/c1-30-18-9-4-14(5-10-18)20-13-21-19-12-17(26)8-11-22(19)31-24(28(21)27-20)23(29)15-2-6-16(25)7-3-15/h2-12,21,24H,13H2,1H3/t21-,24+/m1/s1. The molecule has 0 saturated carbocycles. The van der Waals surface area contributed by atoms with Crippen LogP contribution in [0.15, 0.2) is 80.8 Å². The van der Waals surface area contributed by atoms with Gasteiger partial charge in [0, 0.05) is 26.5 Å². The fourth-order valence-electron chi connectivity index (χ4n) is 3.95. The van der Waals surface area contributed by atoms with Gasteiger partial charge in [-0.05, 0) is 60.2 Å². The molecule has 31 heavy (non-hydrogen) atoms. The van der Waals surface area contributed by atoms with Crippen LogP contribution in [-0.2, 0) is 0 Å². The molecule has 0 unspecified atom stereocenters. The van der Waals surface area contributed by atoms with Crippen LogP contribution in [0.3, 0.4) is 0 Å². The fourth-order valence-corrected chi connectivity index (χ4v) is 4.59. The third kappa shape index (κ3) is 3.77. The molecule has 0 fully saturated rings. The molecule has 2 aliphatic rings. The predicted octanol–water partition coefficient (Wildman–Crippen LogP) is 5.97. The first kappa shape index (κ1) is 20.3. The zero-order valence-corrected chi connectivity index (χ0v) is 19.8. The first-order chi connectivity index (χ1) is 15.0. The highest BCUT2D eigenvalue weighted by Crippen LogP contribution is 2.44. The maximum Gasteiger partial charge on any atom is 0.251 e. The van der Waals surface area contributed by atoms with Gasteiger partial charge in [0.25, 0.3) is 6.23 Å². The van der Waals surface area contributed by atoms with E-state index < -0.39 is 6.23 Å². The van der Waals surface area contributed by atoms with Gasteiger partial charge in [0.1, 0.15) is 11.5 Å². The Hall–Kier alpha value is -2.64. The summed E-state index contributed by atoms with van der Waals surface area (Å²) in [4.78, 5) is 13.4. The molecule has 2 atom stereocenters. The lowest BCUT2D eigenvalue weighted by atomic mass is 9.96. The lowest BCUT2D eigenvalue weighted by Crippen LogP contribution is -2.45. The Bertz CT molecular complexity index is 1180. The van der Waals surface area contributed by atoms with Crippen LogP contribution in [0.2, 0.25) is 0 Å². The second kappa shape index (κ2) is 8.13. The van der Waals surface area contributed by atoms with Gasteiger partial charge < -0.3 is 9.47 Å². The molecule has 0 N–H and O–H groups in total. The van der Waals surface area contributed by atoms with Crippen molar-refractivity contribution in [2.24, 2.45) is 5.10 Å². The second-order valence-corrected chi connectivity index (χ2v) is 9.23. The number of ether oxygens (including phenoxy) is 2. The average molecular weight is 542 g/mol. The van der Waals surface area contributed by atoms with Gasteiger partial charge in [-0.3, -0.25) is 4.79 Å². The summed E-state index contributed by atoms with van der Waals surface area (Å²) in [6.07, 6.45) is -0.140. The third-order valence-corrected chi connectivity index (χ3v) is 6.55. The normalized spacial score (nSPS) is 19.2. The van der Waals surface area contributed by atoms with Gasteiger partial charge in [-0.2, -0.15) is 5.10 Å². The van der Waals surface area contributed by atoms with Crippen LogP contribution in [0, 0.1) is 0 Å². The minimum atomic E-state index is -0.824. The van der Waals surface area contributed by atoms with Gasteiger partial charge in [-0.1, -0.05) is 44.0 Å². The van der Waals surface area contributed by atoms with Crippen molar-refractivity contribution in [1.29, 1.82) is 0 Å². The summed E-state index contributed by atoms with van der Waals surface area (Å²) < 4.78 is 13.3. The molecular weight excluding hydrogens is 524 g/mol. The Morgan fingerprint density at radius 3 is 2.45 bits per heavy atom. The molecular formula is C24H18Br2N2O3. The highest BCUT2D eigenvalue weighted by Gasteiger charge is 2.43. The van der Waals surface area contributed by atoms with Gasteiger partial charge >= 0.3 is 0 Å². The van der Waals surface area contributed by atoms with Crippen LogP contribution >= 0.6 is 31.9 Å². The van der Waals surface area contributed by atoms with Gasteiger partial charge in [0.15, 0.2) is 0 Å². The molecule has 156 valence electrons. The number of carbonyl (C=O) groups is 1. The van der Waals surface area contributed by atoms with Gasteiger partial charge in [-0.15, -0.1) is 0 Å². The maximum absolute atomic E-state index is 13.4. The van der Waals surface area contributed by atoms with Crippen LogP contribution < -0.4 is 9.47 Å². The van der Waals surface area contributed by atoms with Crippen molar-refractivity contribution in [2.45, 2.75) is 18.7 Å². The maximum atomic E-state index is 13.4. The van der Waals surface area contributed by atoms with Gasteiger partial charge in [-0.25, -0.2) is 5.01 Å². The van der Waals surface area contributed by atoms with Crippen molar-refractivity contribution in [1.82, 2.24) is 5.01 Å². The lowest BCUT2D eigenvalue weighted by molar-refractivity contribution is -0.00459. The van der Waals surface area contributed by atoms with E-state index in [1.54, 1.807) is 24.3 Å².